The normalized spacial score (nSPS) is 24.4. The largest absolute Gasteiger partial charge is 0.355 e. The number of carbonyl (C=O) groups excluding carboxylic acids is 3. The van der Waals surface area contributed by atoms with Crippen molar-refractivity contribution < 1.29 is 14.4 Å². The number of amides is 2. The molecule has 0 radical (unpaired) electrons. The van der Waals surface area contributed by atoms with Gasteiger partial charge in [0.15, 0.2) is 0 Å². The van der Waals surface area contributed by atoms with E-state index in [1.54, 1.807) is 6.08 Å². The van der Waals surface area contributed by atoms with Crippen LogP contribution >= 0.6 is 15.9 Å². The molecular weight excluding hydrogens is 422 g/mol. The number of unbranched alkanes of at least 4 members (excludes halogenated alkanes) is 2. The van der Waals surface area contributed by atoms with Crippen molar-refractivity contribution in [3.8, 4) is 0 Å². The van der Waals surface area contributed by atoms with Crippen molar-refractivity contribution >= 4 is 33.5 Å². The van der Waals surface area contributed by atoms with Gasteiger partial charge in [0.25, 0.3) is 0 Å². The van der Waals surface area contributed by atoms with E-state index in [4.69, 9.17) is 0 Å². The molecular formula is C21H26BrN3O3. The second-order valence-electron chi connectivity index (χ2n) is 8.21. The number of aromatic nitrogens is 1. The highest BCUT2D eigenvalue weighted by Crippen LogP contribution is 2.67. The minimum Gasteiger partial charge on any atom is -0.355 e. The summed E-state index contributed by atoms with van der Waals surface area (Å²) in [6.45, 7) is 3.44. The molecule has 1 N–H and O–H groups in total. The Balaban J connectivity index is 1.38. The number of alkyl halides is 1. The minimum atomic E-state index is -0.107. The van der Waals surface area contributed by atoms with E-state index < -0.39 is 0 Å². The summed E-state index contributed by atoms with van der Waals surface area (Å²) >= 11 is 3.12. The maximum Gasteiger partial charge on any atom is 0.230 e. The van der Waals surface area contributed by atoms with Gasteiger partial charge in [-0.25, -0.2) is 0 Å². The third-order valence-corrected chi connectivity index (χ3v) is 6.90. The summed E-state index contributed by atoms with van der Waals surface area (Å²) < 4.78 is 1.93. The maximum absolute atomic E-state index is 12.9. The Morgan fingerprint density at radius 1 is 1.32 bits per heavy atom. The van der Waals surface area contributed by atoms with E-state index in [2.05, 4.69) is 28.2 Å². The first-order valence-corrected chi connectivity index (χ1v) is 11.1. The third-order valence-electron chi connectivity index (χ3n) is 6.39. The maximum atomic E-state index is 12.9. The second-order valence-corrected chi connectivity index (χ2v) is 8.77. The monoisotopic (exact) mass is 447 g/mol. The first kappa shape index (κ1) is 19.4. The fourth-order valence-electron chi connectivity index (χ4n) is 5.12. The summed E-state index contributed by atoms with van der Waals surface area (Å²) in [5.41, 5.74) is 3.92. The molecule has 6 nitrogen and oxygen atoms in total. The van der Waals surface area contributed by atoms with Gasteiger partial charge in [-0.05, 0) is 43.2 Å². The molecule has 2 aliphatic carbocycles. The number of halogens is 1. The standard InChI is InChI=1S/C21H26BrN3O3/c1-13-11-24(2)20-15(26)8-16-21(19(13)20)9-14(21)12-25(16)18(28)6-4-3-5-7-23-17(27)10-22/h8,11,14H,3-7,9-10,12H2,1-2H3,(H,23,27). The molecule has 1 aliphatic heterocycles. The van der Waals surface area contributed by atoms with Gasteiger partial charge in [-0.2, -0.15) is 0 Å². The number of nitrogens with zero attached hydrogens (tertiary/aromatic N) is 2. The molecule has 2 fully saturated rings. The number of rotatable bonds is 7. The van der Waals surface area contributed by atoms with E-state index in [1.807, 2.05) is 22.7 Å². The zero-order valence-electron chi connectivity index (χ0n) is 16.4. The summed E-state index contributed by atoms with van der Waals surface area (Å²) in [5, 5.41) is 3.13. The average molecular weight is 448 g/mol. The molecule has 1 saturated carbocycles. The first-order valence-electron chi connectivity index (χ1n) is 9.96. The minimum absolute atomic E-state index is 0.0119. The Labute approximate surface area is 173 Å². The molecule has 28 heavy (non-hydrogen) atoms. The lowest BCUT2D eigenvalue weighted by Gasteiger charge is -2.29. The van der Waals surface area contributed by atoms with Crippen LogP contribution in [0.1, 0.15) is 53.7 Å². The fraction of sp³-hybridized carbons (Fsp3) is 0.571. The van der Waals surface area contributed by atoms with Crippen LogP contribution in [0.4, 0.5) is 0 Å². The molecule has 1 saturated heterocycles. The molecule has 1 spiro atoms. The van der Waals surface area contributed by atoms with Gasteiger partial charge in [0.05, 0.1) is 11.0 Å². The lowest BCUT2D eigenvalue weighted by Crippen LogP contribution is -2.34. The number of hydrogen-bond acceptors (Lipinski definition) is 3. The van der Waals surface area contributed by atoms with Crippen LogP contribution in [0.15, 0.2) is 18.0 Å². The Morgan fingerprint density at radius 3 is 2.86 bits per heavy atom. The SMILES string of the molecule is Cc1cn(C)c2c1C13CC1CN(C(=O)CCCCCNC(=O)CBr)C3=CC2=O. The number of carbonyl (C=O) groups is 3. The fourth-order valence-corrected chi connectivity index (χ4v) is 5.32. The van der Waals surface area contributed by atoms with E-state index in [-0.39, 0.29) is 23.0 Å². The van der Waals surface area contributed by atoms with Crippen LogP contribution < -0.4 is 5.32 Å². The van der Waals surface area contributed by atoms with Crippen LogP contribution in [0, 0.1) is 12.8 Å². The number of piperidine rings is 1. The topological polar surface area (TPSA) is 71.4 Å². The van der Waals surface area contributed by atoms with Crippen molar-refractivity contribution in [2.75, 3.05) is 18.4 Å². The van der Waals surface area contributed by atoms with E-state index in [0.717, 1.165) is 54.7 Å². The number of likely N-dealkylation sites (tertiary alicyclic amines) is 1. The number of ketones is 1. The molecule has 1 aromatic rings. The smallest absolute Gasteiger partial charge is 0.230 e. The van der Waals surface area contributed by atoms with Gasteiger partial charge in [-0.15, -0.1) is 0 Å². The van der Waals surface area contributed by atoms with E-state index in [9.17, 15) is 14.4 Å². The lowest BCUT2D eigenvalue weighted by atomic mass is 9.83. The Hall–Kier alpha value is -1.89. The molecule has 2 atom stereocenters. The number of allylic oxidation sites excluding steroid dienone is 2. The van der Waals surface area contributed by atoms with Gasteiger partial charge in [-0.1, -0.05) is 22.4 Å². The number of aryl methyl sites for hydroxylation is 2. The van der Waals surface area contributed by atoms with Gasteiger partial charge in [0.2, 0.25) is 17.6 Å². The van der Waals surface area contributed by atoms with Crippen molar-refractivity contribution in [2.24, 2.45) is 13.0 Å². The van der Waals surface area contributed by atoms with E-state index in [0.29, 0.717) is 24.2 Å². The predicted molar refractivity (Wildman–Crippen MR) is 109 cm³/mol. The van der Waals surface area contributed by atoms with Crippen molar-refractivity contribution in [2.45, 2.75) is 44.4 Å². The molecule has 2 heterocycles. The van der Waals surface area contributed by atoms with Crippen molar-refractivity contribution in [3.63, 3.8) is 0 Å². The van der Waals surface area contributed by atoms with Crippen molar-refractivity contribution in [1.29, 1.82) is 0 Å². The quantitative estimate of drug-likeness (QED) is 0.515. The molecule has 2 unspecified atom stereocenters. The van der Waals surface area contributed by atoms with Crippen LogP contribution in [0.5, 0.6) is 0 Å². The predicted octanol–water partition coefficient (Wildman–Crippen LogP) is 2.59. The van der Waals surface area contributed by atoms with Gasteiger partial charge < -0.3 is 14.8 Å². The van der Waals surface area contributed by atoms with Crippen molar-refractivity contribution in [3.05, 3.63) is 34.8 Å². The molecule has 1 aromatic heterocycles. The second kappa shape index (κ2) is 7.17. The third kappa shape index (κ3) is 2.95. The van der Waals surface area contributed by atoms with Crippen LogP contribution in [-0.4, -0.2) is 45.5 Å². The average Bonchev–Trinajstić information content (AvgIpc) is 3.14. The van der Waals surface area contributed by atoms with Crippen LogP contribution in [0.3, 0.4) is 0 Å². The van der Waals surface area contributed by atoms with Crippen LogP contribution in [-0.2, 0) is 22.1 Å². The van der Waals surface area contributed by atoms with Gasteiger partial charge in [0.1, 0.15) is 0 Å². The molecule has 0 aromatic carbocycles. The summed E-state index contributed by atoms with van der Waals surface area (Å²) in [6, 6.07) is 0. The van der Waals surface area contributed by atoms with Gasteiger partial charge >= 0.3 is 0 Å². The summed E-state index contributed by atoms with van der Waals surface area (Å²) in [7, 11) is 1.93. The highest BCUT2D eigenvalue weighted by Gasteiger charge is 2.68. The summed E-state index contributed by atoms with van der Waals surface area (Å²) in [4.78, 5) is 38.6. The van der Waals surface area contributed by atoms with Gasteiger partial charge in [-0.3, -0.25) is 14.4 Å². The highest BCUT2D eigenvalue weighted by molar-refractivity contribution is 9.09. The zero-order valence-corrected chi connectivity index (χ0v) is 18.0. The van der Waals surface area contributed by atoms with Crippen LogP contribution in [0.2, 0.25) is 0 Å². The summed E-state index contributed by atoms with van der Waals surface area (Å²) in [5.74, 6) is 0.559. The highest BCUT2D eigenvalue weighted by atomic mass is 79.9. The first-order chi connectivity index (χ1) is 13.4. The molecule has 7 heteroatoms. The lowest BCUT2D eigenvalue weighted by molar-refractivity contribution is -0.129. The molecule has 2 amide bonds. The van der Waals surface area contributed by atoms with E-state index >= 15 is 0 Å². The van der Waals surface area contributed by atoms with Crippen LogP contribution in [0.25, 0.3) is 0 Å². The Bertz CT molecular complexity index is 888. The zero-order chi connectivity index (χ0) is 20.1. The van der Waals surface area contributed by atoms with Gasteiger partial charge in [0, 0.05) is 49.9 Å². The molecule has 150 valence electrons. The Morgan fingerprint density at radius 2 is 2.11 bits per heavy atom. The molecule has 3 aliphatic rings. The summed E-state index contributed by atoms with van der Waals surface area (Å²) in [6.07, 6.45) is 7.84. The number of fused-ring (bicyclic) bond motifs is 1. The number of hydrogen-bond donors (Lipinski definition) is 1. The molecule has 4 rings (SSSR count). The number of nitrogens with one attached hydrogen (secondary N) is 1. The van der Waals surface area contributed by atoms with E-state index in [1.165, 1.54) is 0 Å². The molecule has 0 bridgehead atoms. The van der Waals surface area contributed by atoms with Crippen molar-refractivity contribution in [1.82, 2.24) is 14.8 Å². The Kier molecular flexibility index (Phi) is 4.98.